The number of ether oxygens (including phenoxy) is 2. The molecule has 1 aliphatic rings. The lowest BCUT2D eigenvalue weighted by Gasteiger charge is -2.26. The van der Waals surface area contributed by atoms with Crippen molar-refractivity contribution in [2.75, 3.05) is 20.8 Å². The zero-order valence-electron chi connectivity index (χ0n) is 16.5. The lowest BCUT2D eigenvalue weighted by atomic mass is 10.0. The fraction of sp³-hybridized carbons (Fsp3) is 0.381. The van der Waals surface area contributed by atoms with Gasteiger partial charge in [-0.25, -0.2) is 0 Å². The van der Waals surface area contributed by atoms with Gasteiger partial charge < -0.3 is 18.8 Å². The quantitative estimate of drug-likeness (QED) is 0.580. The summed E-state index contributed by atoms with van der Waals surface area (Å²) in [6.45, 7) is 0.739. The molecular weight excluding hydrogens is 390 g/mol. The number of hydrogen-bond donors (Lipinski definition) is 0. The van der Waals surface area contributed by atoms with Gasteiger partial charge in [0.2, 0.25) is 17.7 Å². The number of benzene rings is 1. The smallest absolute Gasteiger partial charge is 0.248 e. The van der Waals surface area contributed by atoms with Crippen LogP contribution in [0, 0.1) is 0 Å². The van der Waals surface area contributed by atoms with Crippen LogP contribution in [0.1, 0.15) is 36.8 Å². The number of methoxy groups -OCH3 is 2. The summed E-state index contributed by atoms with van der Waals surface area (Å²) in [6, 6.07) is 7.69. The van der Waals surface area contributed by atoms with Gasteiger partial charge in [-0.3, -0.25) is 4.79 Å². The number of carbonyl (C=O) groups is 1. The van der Waals surface area contributed by atoms with Crippen molar-refractivity contribution >= 4 is 17.2 Å². The highest BCUT2D eigenvalue weighted by Gasteiger charge is 2.32. The zero-order chi connectivity index (χ0) is 20.2. The monoisotopic (exact) mass is 413 g/mol. The molecule has 7 nitrogen and oxygen atoms in total. The molecule has 0 N–H and O–H groups in total. The maximum absolute atomic E-state index is 12.9. The number of aromatic nitrogens is 2. The molecule has 1 atom stereocenters. The minimum absolute atomic E-state index is 0.00686. The first-order valence-corrected chi connectivity index (χ1v) is 10.5. The van der Waals surface area contributed by atoms with Gasteiger partial charge in [0.25, 0.3) is 0 Å². The third-order valence-electron chi connectivity index (χ3n) is 5.16. The highest BCUT2D eigenvalue weighted by molar-refractivity contribution is 7.08. The molecule has 0 saturated carbocycles. The first-order valence-electron chi connectivity index (χ1n) is 9.56. The van der Waals surface area contributed by atoms with Crippen molar-refractivity contribution in [2.24, 2.45) is 0 Å². The first-order chi connectivity index (χ1) is 14.2. The maximum atomic E-state index is 12.9. The van der Waals surface area contributed by atoms with Gasteiger partial charge in [0, 0.05) is 42.0 Å². The van der Waals surface area contributed by atoms with E-state index in [-0.39, 0.29) is 11.9 Å². The largest absolute Gasteiger partial charge is 0.497 e. The Morgan fingerprint density at radius 3 is 2.93 bits per heavy atom. The second-order valence-corrected chi connectivity index (χ2v) is 7.65. The Balaban J connectivity index is 1.43. The molecular formula is C21H23N3O4S. The number of thiophene rings is 1. The van der Waals surface area contributed by atoms with Crippen molar-refractivity contribution in [3.05, 3.63) is 46.5 Å². The Morgan fingerprint density at radius 2 is 2.17 bits per heavy atom. The van der Waals surface area contributed by atoms with E-state index in [2.05, 4.69) is 10.2 Å². The first kappa shape index (κ1) is 19.4. The van der Waals surface area contributed by atoms with E-state index in [1.54, 1.807) is 25.6 Å². The molecule has 8 heteroatoms. The maximum Gasteiger partial charge on any atom is 0.248 e. The third-order valence-corrected chi connectivity index (χ3v) is 5.84. The molecule has 2 aromatic heterocycles. The van der Waals surface area contributed by atoms with Gasteiger partial charge in [0.05, 0.1) is 20.3 Å². The Bertz CT molecular complexity index is 970. The van der Waals surface area contributed by atoms with Gasteiger partial charge in [0.15, 0.2) is 0 Å². The van der Waals surface area contributed by atoms with E-state index in [1.165, 1.54) is 0 Å². The predicted octanol–water partition coefficient (Wildman–Crippen LogP) is 4.11. The van der Waals surface area contributed by atoms with Gasteiger partial charge in [-0.15, -0.1) is 10.2 Å². The van der Waals surface area contributed by atoms with Gasteiger partial charge >= 0.3 is 0 Å². The third kappa shape index (κ3) is 4.12. The number of nitrogens with zero attached hydrogens (tertiary/aromatic N) is 3. The minimum Gasteiger partial charge on any atom is -0.497 e. The van der Waals surface area contributed by atoms with Crippen molar-refractivity contribution in [3.8, 4) is 23.0 Å². The predicted molar refractivity (Wildman–Crippen MR) is 109 cm³/mol. The van der Waals surface area contributed by atoms with Crippen molar-refractivity contribution in [1.82, 2.24) is 15.1 Å². The van der Waals surface area contributed by atoms with Crippen LogP contribution in [-0.4, -0.2) is 41.8 Å². The van der Waals surface area contributed by atoms with Crippen LogP contribution in [0.3, 0.4) is 0 Å². The van der Waals surface area contributed by atoms with Crippen LogP contribution in [0.5, 0.6) is 11.5 Å². The van der Waals surface area contributed by atoms with Crippen LogP contribution in [0.4, 0.5) is 0 Å². The number of rotatable bonds is 7. The molecule has 0 unspecified atom stereocenters. The summed E-state index contributed by atoms with van der Waals surface area (Å²) in [5.41, 5.74) is 1.92. The number of aryl methyl sites for hydroxylation is 1. The lowest BCUT2D eigenvalue weighted by Crippen LogP contribution is -2.31. The summed E-state index contributed by atoms with van der Waals surface area (Å²) in [5, 5.41) is 12.1. The summed E-state index contributed by atoms with van der Waals surface area (Å²) in [6.07, 6.45) is 2.64. The van der Waals surface area contributed by atoms with Crippen molar-refractivity contribution in [1.29, 1.82) is 0 Å². The fourth-order valence-corrected chi connectivity index (χ4v) is 4.33. The summed E-state index contributed by atoms with van der Waals surface area (Å²) in [4.78, 5) is 14.9. The van der Waals surface area contributed by atoms with Crippen LogP contribution >= 0.6 is 11.3 Å². The molecule has 4 rings (SSSR count). The Hall–Kier alpha value is -2.87. The van der Waals surface area contributed by atoms with Crippen molar-refractivity contribution < 1.29 is 18.7 Å². The summed E-state index contributed by atoms with van der Waals surface area (Å²) >= 11 is 1.58. The molecule has 29 heavy (non-hydrogen) atoms. The van der Waals surface area contributed by atoms with Crippen LogP contribution in [0.15, 0.2) is 39.4 Å². The Kier molecular flexibility index (Phi) is 5.80. The molecule has 1 fully saturated rings. The van der Waals surface area contributed by atoms with Crippen molar-refractivity contribution in [3.63, 3.8) is 0 Å². The van der Waals surface area contributed by atoms with Crippen LogP contribution in [-0.2, 0) is 11.2 Å². The standard InChI is InChI=1S/C21H23N3O4S/c1-26-15-5-6-16(18(12-15)27-2)17-4-3-10-24(17)20(25)8-7-19-22-23-21(28-19)14-9-11-29-13-14/h5-6,9,11-13,17H,3-4,7-8,10H2,1-2H3/t17-/m0/s1. The molecule has 3 heterocycles. The Labute approximate surface area is 173 Å². The van der Waals surface area contributed by atoms with Gasteiger partial charge in [-0.2, -0.15) is 11.3 Å². The fourth-order valence-electron chi connectivity index (χ4n) is 3.70. The van der Waals surface area contributed by atoms with E-state index < -0.39 is 0 Å². The number of carbonyl (C=O) groups excluding carboxylic acids is 1. The zero-order valence-corrected chi connectivity index (χ0v) is 17.3. The van der Waals surface area contributed by atoms with Crippen LogP contribution < -0.4 is 9.47 Å². The topological polar surface area (TPSA) is 77.7 Å². The van der Waals surface area contributed by atoms with E-state index in [1.807, 2.05) is 39.9 Å². The second-order valence-electron chi connectivity index (χ2n) is 6.87. The van der Waals surface area contributed by atoms with E-state index in [9.17, 15) is 4.79 Å². The van der Waals surface area contributed by atoms with Gasteiger partial charge in [-0.1, -0.05) is 0 Å². The molecule has 1 amide bonds. The molecule has 0 bridgehead atoms. The van der Waals surface area contributed by atoms with E-state index >= 15 is 0 Å². The van der Waals surface area contributed by atoms with Crippen molar-refractivity contribution in [2.45, 2.75) is 31.7 Å². The van der Waals surface area contributed by atoms with Crippen LogP contribution in [0.25, 0.3) is 11.5 Å². The SMILES string of the molecule is COc1ccc([C@@H]2CCCN2C(=O)CCc2nnc(-c3ccsc3)o2)c(OC)c1. The van der Waals surface area contributed by atoms with E-state index in [0.29, 0.717) is 24.6 Å². The molecule has 1 saturated heterocycles. The highest BCUT2D eigenvalue weighted by Crippen LogP contribution is 2.39. The van der Waals surface area contributed by atoms with Gasteiger partial charge in [0.1, 0.15) is 11.5 Å². The van der Waals surface area contributed by atoms with Gasteiger partial charge in [-0.05, 0) is 36.4 Å². The molecule has 0 radical (unpaired) electrons. The summed E-state index contributed by atoms with van der Waals surface area (Å²) in [5.74, 6) is 2.54. The number of amides is 1. The normalized spacial score (nSPS) is 16.2. The van der Waals surface area contributed by atoms with Crippen LogP contribution in [0.2, 0.25) is 0 Å². The molecule has 0 aliphatic carbocycles. The lowest BCUT2D eigenvalue weighted by molar-refractivity contribution is -0.132. The minimum atomic E-state index is 0.00686. The molecule has 1 aromatic carbocycles. The van der Waals surface area contributed by atoms with E-state index in [0.717, 1.165) is 42.0 Å². The molecule has 3 aromatic rings. The molecule has 1 aliphatic heterocycles. The number of likely N-dealkylation sites (tertiary alicyclic amines) is 1. The molecule has 0 spiro atoms. The summed E-state index contributed by atoms with van der Waals surface area (Å²) in [7, 11) is 3.27. The summed E-state index contributed by atoms with van der Waals surface area (Å²) < 4.78 is 16.5. The molecule has 152 valence electrons. The second kappa shape index (κ2) is 8.65. The Morgan fingerprint density at radius 1 is 1.28 bits per heavy atom. The van der Waals surface area contributed by atoms with E-state index in [4.69, 9.17) is 13.9 Å². The number of hydrogen-bond acceptors (Lipinski definition) is 7. The highest BCUT2D eigenvalue weighted by atomic mass is 32.1. The average molecular weight is 413 g/mol. The average Bonchev–Trinajstić information content (AvgIpc) is 3.52.